The van der Waals surface area contributed by atoms with Crippen LogP contribution in [-0.4, -0.2) is 15.5 Å². The van der Waals surface area contributed by atoms with E-state index in [-0.39, 0.29) is 11.0 Å². The van der Waals surface area contributed by atoms with Gasteiger partial charge in [0.2, 0.25) is 5.95 Å². The number of hydrogen-bond acceptors (Lipinski definition) is 3. The molecule has 0 radical (unpaired) electrons. The van der Waals surface area contributed by atoms with Crippen molar-refractivity contribution in [2.75, 3.05) is 0 Å². The molecule has 0 aliphatic heterocycles. The number of thiazole rings is 1. The molecule has 0 N–H and O–H groups in total. The van der Waals surface area contributed by atoms with E-state index in [4.69, 9.17) is 0 Å². The Hall–Kier alpha value is -1.82. The smallest absolute Gasteiger partial charge is 0.284 e. The zero-order chi connectivity index (χ0) is 17.5. The molecule has 0 atom stereocenters. The lowest BCUT2D eigenvalue weighted by molar-refractivity contribution is 0.0993. The lowest BCUT2D eigenvalue weighted by atomic mass is 9.93. The second kappa shape index (κ2) is 6.24. The van der Waals surface area contributed by atoms with Gasteiger partial charge in [0.15, 0.2) is 4.80 Å². The number of nitrogens with zero attached hydrogens (tertiary/aromatic N) is 3. The molecule has 6 heteroatoms. The van der Waals surface area contributed by atoms with E-state index >= 15 is 0 Å². The Bertz CT molecular complexity index is 841. The van der Waals surface area contributed by atoms with Gasteiger partial charge >= 0.3 is 0 Å². The number of aromatic nitrogens is 2. The molecule has 1 amide bonds. The lowest BCUT2D eigenvalue weighted by Gasteiger charge is -2.17. The summed E-state index contributed by atoms with van der Waals surface area (Å²) in [7, 11) is 0. The van der Waals surface area contributed by atoms with E-state index < -0.39 is 11.9 Å². The van der Waals surface area contributed by atoms with Gasteiger partial charge in [-0.2, -0.15) is 9.38 Å². The maximum absolute atomic E-state index is 13.7. The first-order valence-corrected chi connectivity index (χ1v) is 8.99. The van der Waals surface area contributed by atoms with Gasteiger partial charge in [0.05, 0.1) is 5.56 Å². The van der Waals surface area contributed by atoms with Crippen LogP contribution in [0.15, 0.2) is 23.3 Å². The van der Waals surface area contributed by atoms with Crippen molar-refractivity contribution in [3.8, 4) is 0 Å². The Morgan fingerprint density at radius 1 is 1.46 bits per heavy atom. The lowest BCUT2D eigenvalue weighted by Crippen LogP contribution is -2.20. The molecule has 2 aromatic heterocycles. The summed E-state index contributed by atoms with van der Waals surface area (Å²) in [5.74, 6) is -0.688. The van der Waals surface area contributed by atoms with E-state index in [0.29, 0.717) is 10.7 Å². The third-order valence-corrected chi connectivity index (χ3v) is 5.77. The summed E-state index contributed by atoms with van der Waals surface area (Å²) >= 11 is 1.52. The summed E-state index contributed by atoms with van der Waals surface area (Å²) in [5, 5.41) is 0. The van der Waals surface area contributed by atoms with Gasteiger partial charge in [0.25, 0.3) is 5.91 Å². The molecule has 1 saturated carbocycles. The van der Waals surface area contributed by atoms with Crippen molar-refractivity contribution >= 4 is 17.2 Å². The summed E-state index contributed by atoms with van der Waals surface area (Å²) < 4.78 is 15.9. The number of carbonyl (C=O) groups excluding carboxylic acids is 1. The van der Waals surface area contributed by atoms with Gasteiger partial charge in [-0.1, -0.05) is 20.8 Å². The van der Waals surface area contributed by atoms with Gasteiger partial charge in [-0.15, -0.1) is 11.3 Å². The van der Waals surface area contributed by atoms with Crippen molar-refractivity contribution in [1.82, 2.24) is 9.55 Å². The minimum atomic E-state index is -0.774. The molecule has 3 rings (SSSR count). The largest absolute Gasteiger partial charge is 0.320 e. The first-order valence-electron chi connectivity index (χ1n) is 8.17. The molecular weight excluding hydrogens is 325 g/mol. The zero-order valence-electron chi connectivity index (χ0n) is 14.5. The Kier molecular flexibility index (Phi) is 4.42. The van der Waals surface area contributed by atoms with Crippen LogP contribution in [0.5, 0.6) is 0 Å². The second-order valence-electron chi connectivity index (χ2n) is 7.36. The van der Waals surface area contributed by atoms with Crippen LogP contribution in [0.25, 0.3) is 0 Å². The van der Waals surface area contributed by atoms with E-state index in [2.05, 4.69) is 42.2 Å². The number of rotatable bonds is 3. The molecule has 1 aliphatic rings. The molecule has 0 spiro atoms. The van der Waals surface area contributed by atoms with Crippen molar-refractivity contribution in [3.05, 3.63) is 45.2 Å². The topological polar surface area (TPSA) is 47.2 Å². The van der Waals surface area contributed by atoms with E-state index in [9.17, 15) is 9.18 Å². The highest BCUT2D eigenvalue weighted by Gasteiger charge is 2.27. The Morgan fingerprint density at radius 2 is 2.17 bits per heavy atom. The van der Waals surface area contributed by atoms with Gasteiger partial charge in [0.1, 0.15) is 0 Å². The fourth-order valence-corrected chi connectivity index (χ4v) is 3.93. The van der Waals surface area contributed by atoms with Gasteiger partial charge in [-0.05, 0) is 43.2 Å². The third-order valence-electron chi connectivity index (χ3n) is 4.16. The summed E-state index contributed by atoms with van der Waals surface area (Å²) in [6.45, 7) is 9.41. The summed E-state index contributed by atoms with van der Waals surface area (Å²) in [6, 6.07) is 2.97. The van der Waals surface area contributed by atoms with Crippen LogP contribution in [0.3, 0.4) is 0 Å². The minimum Gasteiger partial charge on any atom is -0.320 e. The van der Waals surface area contributed by atoms with E-state index in [0.717, 1.165) is 12.2 Å². The highest BCUT2D eigenvalue weighted by Crippen LogP contribution is 2.33. The van der Waals surface area contributed by atoms with Crippen LogP contribution in [0.2, 0.25) is 0 Å². The van der Waals surface area contributed by atoms with Crippen molar-refractivity contribution in [3.63, 3.8) is 0 Å². The summed E-state index contributed by atoms with van der Waals surface area (Å²) in [5.41, 5.74) is 1.05. The van der Waals surface area contributed by atoms with Crippen molar-refractivity contribution in [1.29, 1.82) is 0 Å². The van der Waals surface area contributed by atoms with Gasteiger partial charge < -0.3 is 4.57 Å². The number of hydrogen-bond donors (Lipinski definition) is 0. The van der Waals surface area contributed by atoms with Crippen molar-refractivity contribution in [2.24, 2.45) is 10.9 Å². The Balaban J connectivity index is 2.08. The quantitative estimate of drug-likeness (QED) is 0.792. The predicted octanol–water partition coefficient (Wildman–Crippen LogP) is 3.84. The normalized spacial score (nSPS) is 15.8. The van der Waals surface area contributed by atoms with Crippen LogP contribution in [-0.2, 0) is 12.0 Å². The molecule has 4 nitrogen and oxygen atoms in total. The van der Waals surface area contributed by atoms with Crippen LogP contribution >= 0.6 is 11.3 Å². The molecule has 1 fully saturated rings. The van der Waals surface area contributed by atoms with E-state index in [1.54, 1.807) is 6.07 Å². The average molecular weight is 347 g/mol. The molecule has 0 aromatic carbocycles. The molecule has 128 valence electrons. The molecule has 2 aromatic rings. The summed E-state index contributed by atoms with van der Waals surface area (Å²) in [6.07, 6.45) is 3.77. The van der Waals surface area contributed by atoms with Crippen molar-refractivity contribution in [2.45, 2.75) is 52.5 Å². The first kappa shape index (κ1) is 17.0. The molecule has 0 saturated heterocycles. The molecule has 2 heterocycles. The minimum absolute atomic E-state index is 0.0174. The van der Waals surface area contributed by atoms with Gasteiger partial charge in [0, 0.05) is 23.3 Å². The van der Waals surface area contributed by atoms with Crippen LogP contribution in [0, 0.1) is 18.8 Å². The molecule has 24 heavy (non-hydrogen) atoms. The Labute approximate surface area is 145 Å². The molecule has 1 aliphatic carbocycles. The van der Waals surface area contributed by atoms with Crippen LogP contribution in [0.1, 0.15) is 54.5 Å². The monoisotopic (exact) mass is 347 g/mol. The SMILES string of the molecule is Cc1c(C(C)(C)C)sc(=NC(=O)c2cccnc2F)n1CC1CC1. The van der Waals surface area contributed by atoms with E-state index in [1.165, 1.54) is 41.3 Å². The van der Waals surface area contributed by atoms with Gasteiger partial charge in [-0.25, -0.2) is 4.98 Å². The fraction of sp³-hybridized carbons (Fsp3) is 0.500. The number of pyridine rings is 1. The van der Waals surface area contributed by atoms with E-state index in [1.807, 2.05) is 0 Å². The first-order chi connectivity index (χ1) is 11.3. The fourth-order valence-electron chi connectivity index (χ4n) is 2.73. The highest BCUT2D eigenvalue weighted by molar-refractivity contribution is 7.09. The van der Waals surface area contributed by atoms with Crippen LogP contribution in [0.4, 0.5) is 4.39 Å². The maximum Gasteiger partial charge on any atom is 0.284 e. The Morgan fingerprint density at radius 3 is 2.75 bits per heavy atom. The third kappa shape index (κ3) is 3.48. The zero-order valence-corrected chi connectivity index (χ0v) is 15.3. The second-order valence-corrected chi connectivity index (χ2v) is 8.34. The summed E-state index contributed by atoms with van der Waals surface area (Å²) in [4.78, 5) is 22.0. The van der Waals surface area contributed by atoms with Crippen LogP contribution < -0.4 is 4.80 Å². The number of amides is 1. The highest BCUT2D eigenvalue weighted by atomic mass is 32.1. The number of carbonyl (C=O) groups is 1. The standard InChI is InChI=1S/C18H22FN3OS/c1-11-14(18(2,3)4)24-17(22(11)10-12-7-8-12)21-16(23)13-6-5-9-20-15(13)19/h5-6,9,12H,7-8,10H2,1-4H3. The maximum atomic E-state index is 13.7. The molecule has 0 bridgehead atoms. The van der Waals surface area contributed by atoms with Crippen molar-refractivity contribution < 1.29 is 9.18 Å². The van der Waals surface area contributed by atoms with Gasteiger partial charge in [-0.3, -0.25) is 4.79 Å². The predicted molar refractivity (Wildman–Crippen MR) is 92.6 cm³/mol. The molecule has 0 unspecified atom stereocenters. The molecular formula is C18H22FN3OS. The average Bonchev–Trinajstić information content (AvgIpc) is 3.26. The number of halogens is 1.